The molecule has 1 rings (SSSR count). The quantitative estimate of drug-likeness (QED) is 0.749. The number of rotatable bonds is 5. The number of aliphatic hydroxyl groups is 1. The lowest BCUT2D eigenvalue weighted by molar-refractivity contribution is 0.173. The smallest absolute Gasteiger partial charge is 0.0787 e. The van der Waals surface area contributed by atoms with Gasteiger partial charge in [-0.05, 0) is 36.3 Å². The highest BCUT2D eigenvalue weighted by Gasteiger charge is 2.03. The normalized spacial score (nSPS) is 12.8. The number of aliphatic hydroxyl groups excluding tert-OH is 1. The van der Waals surface area contributed by atoms with Gasteiger partial charge in [0.15, 0.2) is 0 Å². The number of hydrogen-bond donors (Lipinski definition) is 1. The first-order chi connectivity index (χ1) is 6.77. The molecule has 14 heavy (non-hydrogen) atoms. The molecule has 0 aromatic heterocycles. The third-order valence-corrected chi connectivity index (χ3v) is 3.34. The van der Waals surface area contributed by atoms with E-state index in [2.05, 4.69) is 19.1 Å². The molecule has 0 spiro atoms. The third-order valence-electron chi connectivity index (χ3n) is 2.12. The largest absolute Gasteiger partial charge is 0.388 e. The molecule has 1 nitrogen and oxygen atoms in total. The van der Waals surface area contributed by atoms with Crippen LogP contribution in [0.25, 0.3) is 0 Å². The lowest BCUT2D eigenvalue weighted by Gasteiger charge is -2.08. The lowest BCUT2D eigenvalue weighted by atomic mass is 10.1. The molecule has 0 aliphatic carbocycles. The summed E-state index contributed by atoms with van der Waals surface area (Å²) in [6, 6.07) is 8.22. The Morgan fingerprint density at radius 2 is 1.86 bits per heavy atom. The molecule has 1 unspecified atom stereocenters. The van der Waals surface area contributed by atoms with Gasteiger partial charge in [-0.1, -0.05) is 26.0 Å². The molecular weight excluding hydrogens is 192 g/mol. The Labute approximate surface area is 90.5 Å². The van der Waals surface area contributed by atoms with Crippen molar-refractivity contribution in [2.24, 2.45) is 0 Å². The predicted octanol–water partition coefficient (Wildman–Crippen LogP) is 3.63. The van der Waals surface area contributed by atoms with Crippen molar-refractivity contribution in [2.45, 2.75) is 37.7 Å². The Kier molecular flexibility index (Phi) is 5.05. The summed E-state index contributed by atoms with van der Waals surface area (Å²) in [5.41, 5.74) is 1.02. The minimum absolute atomic E-state index is 0.305. The van der Waals surface area contributed by atoms with Crippen LogP contribution in [0.3, 0.4) is 0 Å². The first kappa shape index (κ1) is 11.6. The summed E-state index contributed by atoms with van der Waals surface area (Å²) >= 11 is 1.87. The van der Waals surface area contributed by atoms with Crippen LogP contribution in [-0.4, -0.2) is 10.9 Å². The van der Waals surface area contributed by atoms with E-state index in [1.807, 2.05) is 30.8 Å². The van der Waals surface area contributed by atoms with Crippen LogP contribution >= 0.6 is 11.8 Å². The zero-order valence-electron chi connectivity index (χ0n) is 8.86. The maximum absolute atomic E-state index is 9.59. The molecule has 0 heterocycles. The van der Waals surface area contributed by atoms with Gasteiger partial charge < -0.3 is 5.11 Å². The van der Waals surface area contributed by atoms with Gasteiger partial charge in [0.25, 0.3) is 0 Å². The Hall–Kier alpha value is -0.470. The average molecular weight is 210 g/mol. The molecule has 0 aliphatic heterocycles. The van der Waals surface area contributed by atoms with Gasteiger partial charge in [0.05, 0.1) is 6.10 Å². The van der Waals surface area contributed by atoms with Gasteiger partial charge in [-0.25, -0.2) is 0 Å². The van der Waals surface area contributed by atoms with Gasteiger partial charge in [-0.15, -0.1) is 11.8 Å². The Morgan fingerprint density at radius 1 is 1.21 bits per heavy atom. The van der Waals surface area contributed by atoms with Crippen molar-refractivity contribution in [3.05, 3.63) is 29.8 Å². The molecule has 0 radical (unpaired) electrons. The highest BCUT2D eigenvalue weighted by atomic mass is 32.2. The van der Waals surface area contributed by atoms with Crippen LogP contribution in [0, 0.1) is 0 Å². The van der Waals surface area contributed by atoms with Gasteiger partial charge in [0.2, 0.25) is 0 Å². The monoisotopic (exact) mass is 210 g/mol. The minimum Gasteiger partial charge on any atom is -0.388 e. The molecule has 2 heteroatoms. The van der Waals surface area contributed by atoms with Gasteiger partial charge in [-0.3, -0.25) is 0 Å². The molecule has 78 valence electrons. The topological polar surface area (TPSA) is 20.2 Å². The van der Waals surface area contributed by atoms with E-state index < -0.39 is 0 Å². The van der Waals surface area contributed by atoms with E-state index in [0.29, 0.717) is 0 Å². The fraction of sp³-hybridized carbons (Fsp3) is 0.500. The standard InChI is InChI=1S/C12H18OS/c1-3-9-14-11-7-5-10(6-8-11)12(13)4-2/h5-8,12-13H,3-4,9H2,1-2H3. The zero-order valence-corrected chi connectivity index (χ0v) is 9.68. The van der Waals surface area contributed by atoms with Gasteiger partial charge in [0, 0.05) is 4.90 Å². The predicted molar refractivity (Wildman–Crippen MR) is 62.7 cm³/mol. The molecule has 0 bridgehead atoms. The van der Waals surface area contributed by atoms with E-state index in [1.165, 1.54) is 11.3 Å². The zero-order chi connectivity index (χ0) is 10.4. The maximum atomic E-state index is 9.59. The van der Waals surface area contributed by atoms with Gasteiger partial charge in [-0.2, -0.15) is 0 Å². The highest BCUT2D eigenvalue weighted by Crippen LogP contribution is 2.22. The van der Waals surface area contributed by atoms with E-state index in [-0.39, 0.29) is 6.10 Å². The molecule has 0 saturated carbocycles. The summed E-state index contributed by atoms with van der Waals surface area (Å²) in [4.78, 5) is 1.29. The summed E-state index contributed by atoms with van der Waals surface area (Å²) in [5, 5.41) is 9.59. The van der Waals surface area contributed by atoms with Crippen molar-refractivity contribution >= 4 is 11.8 Å². The van der Waals surface area contributed by atoms with Crippen LogP contribution in [0.1, 0.15) is 38.4 Å². The van der Waals surface area contributed by atoms with E-state index in [4.69, 9.17) is 0 Å². The van der Waals surface area contributed by atoms with Crippen molar-refractivity contribution in [2.75, 3.05) is 5.75 Å². The molecule has 0 fully saturated rings. The third kappa shape index (κ3) is 3.35. The van der Waals surface area contributed by atoms with E-state index in [9.17, 15) is 5.11 Å². The van der Waals surface area contributed by atoms with Crippen molar-refractivity contribution < 1.29 is 5.11 Å². The average Bonchev–Trinajstić information content (AvgIpc) is 2.26. The summed E-state index contributed by atoms with van der Waals surface area (Å²) in [6.45, 7) is 4.17. The first-order valence-electron chi connectivity index (χ1n) is 5.18. The highest BCUT2D eigenvalue weighted by molar-refractivity contribution is 7.99. The van der Waals surface area contributed by atoms with Crippen molar-refractivity contribution in [1.29, 1.82) is 0 Å². The summed E-state index contributed by atoms with van der Waals surface area (Å²) < 4.78 is 0. The van der Waals surface area contributed by atoms with E-state index in [0.717, 1.165) is 17.7 Å². The van der Waals surface area contributed by atoms with Gasteiger partial charge >= 0.3 is 0 Å². The second kappa shape index (κ2) is 6.10. The Bertz CT molecular complexity index is 256. The number of benzene rings is 1. The van der Waals surface area contributed by atoms with Crippen LogP contribution in [-0.2, 0) is 0 Å². The van der Waals surface area contributed by atoms with Crippen molar-refractivity contribution in [3.63, 3.8) is 0 Å². The summed E-state index contributed by atoms with van der Waals surface area (Å²) in [6.07, 6.45) is 1.67. The summed E-state index contributed by atoms with van der Waals surface area (Å²) in [7, 11) is 0. The fourth-order valence-electron chi connectivity index (χ4n) is 1.24. The van der Waals surface area contributed by atoms with Crippen LogP contribution in [0.2, 0.25) is 0 Å². The molecule has 0 amide bonds. The number of hydrogen-bond acceptors (Lipinski definition) is 2. The molecule has 1 N–H and O–H groups in total. The Morgan fingerprint density at radius 3 is 2.36 bits per heavy atom. The second-order valence-corrected chi connectivity index (χ2v) is 4.51. The lowest BCUT2D eigenvalue weighted by Crippen LogP contribution is -1.94. The molecule has 1 aromatic carbocycles. The SMILES string of the molecule is CCCSc1ccc(C(O)CC)cc1. The van der Waals surface area contributed by atoms with Crippen LogP contribution in [0.15, 0.2) is 29.2 Å². The molecule has 0 saturated heterocycles. The van der Waals surface area contributed by atoms with Crippen molar-refractivity contribution in [1.82, 2.24) is 0 Å². The molecule has 1 aromatic rings. The summed E-state index contributed by atoms with van der Waals surface area (Å²) in [5.74, 6) is 1.16. The minimum atomic E-state index is -0.305. The molecule has 1 atom stereocenters. The second-order valence-electron chi connectivity index (χ2n) is 3.34. The van der Waals surface area contributed by atoms with Crippen LogP contribution in [0.4, 0.5) is 0 Å². The number of thioether (sulfide) groups is 1. The van der Waals surface area contributed by atoms with E-state index >= 15 is 0 Å². The molecular formula is C12H18OS. The first-order valence-corrected chi connectivity index (χ1v) is 6.17. The molecule has 0 aliphatic rings. The maximum Gasteiger partial charge on any atom is 0.0787 e. The van der Waals surface area contributed by atoms with Crippen LogP contribution < -0.4 is 0 Å². The Balaban J connectivity index is 2.59. The van der Waals surface area contributed by atoms with Gasteiger partial charge in [0.1, 0.15) is 0 Å². The van der Waals surface area contributed by atoms with Crippen molar-refractivity contribution in [3.8, 4) is 0 Å². The fourth-order valence-corrected chi connectivity index (χ4v) is 2.01. The van der Waals surface area contributed by atoms with E-state index in [1.54, 1.807) is 0 Å². The van der Waals surface area contributed by atoms with Crippen LogP contribution in [0.5, 0.6) is 0 Å².